The van der Waals surface area contributed by atoms with Crippen LogP contribution in [0, 0.1) is 5.41 Å². The lowest BCUT2D eigenvalue weighted by Crippen LogP contribution is -2.28. The predicted octanol–water partition coefficient (Wildman–Crippen LogP) is 0.905. The average molecular weight is 369 g/mol. The Labute approximate surface area is 157 Å². The quantitative estimate of drug-likeness (QED) is 0.264. The molecule has 0 radical (unpaired) electrons. The number of amides is 2. The molecule has 27 heavy (non-hydrogen) atoms. The zero-order valence-electron chi connectivity index (χ0n) is 14.9. The first-order valence-electron chi connectivity index (χ1n) is 8.98. The topological polar surface area (TPSA) is 142 Å². The SMILES string of the molecule is N=CC(C(N)=NC1CCC(O)CC1)c1ccc(/C=C2/CC(=O)NC2=O)cn1. The lowest BCUT2D eigenvalue weighted by molar-refractivity contribution is -0.124. The third-order valence-corrected chi connectivity index (χ3v) is 4.85. The highest BCUT2D eigenvalue weighted by molar-refractivity contribution is 6.15. The van der Waals surface area contributed by atoms with Crippen molar-refractivity contribution in [2.45, 2.75) is 50.2 Å². The molecule has 1 saturated carbocycles. The number of aliphatic imine (C=N–C) groups is 1. The van der Waals surface area contributed by atoms with Crippen molar-refractivity contribution in [3.63, 3.8) is 0 Å². The van der Waals surface area contributed by atoms with Gasteiger partial charge in [-0.25, -0.2) is 0 Å². The number of pyridine rings is 1. The first-order valence-corrected chi connectivity index (χ1v) is 8.98. The normalized spacial score (nSPS) is 26.1. The number of hydrogen-bond acceptors (Lipinski definition) is 6. The summed E-state index contributed by atoms with van der Waals surface area (Å²) in [6.07, 6.45) is 7.24. The standard InChI is InChI=1S/C19H23N5O3/c20-9-15(18(21)23-13-2-4-14(25)5-3-13)16-6-1-11(10-22-16)7-12-8-17(26)24-19(12)27/h1,6-7,9-10,13-15,20,25H,2-5,8H2,(H2,21,23)(H,24,26,27)/b12-7-,20-9?. The molecule has 1 aromatic rings. The summed E-state index contributed by atoms with van der Waals surface area (Å²) in [5, 5.41) is 19.5. The van der Waals surface area contributed by atoms with Gasteiger partial charge in [-0.15, -0.1) is 0 Å². The van der Waals surface area contributed by atoms with Crippen LogP contribution in [-0.4, -0.2) is 46.1 Å². The van der Waals surface area contributed by atoms with Gasteiger partial charge in [0.25, 0.3) is 5.91 Å². The smallest absolute Gasteiger partial charge is 0.254 e. The first kappa shape index (κ1) is 18.9. The van der Waals surface area contributed by atoms with Crippen molar-refractivity contribution in [3.8, 4) is 0 Å². The molecule has 8 heteroatoms. The molecule has 1 unspecified atom stereocenters. The molecule has 2 amide bonds. The second-order valence-corrected chi connectivity index (χ2v) is 6.90. The summed E-state index contributed by atoms with van der Waals surface area (Å²) in [4.78, 5) is 31.7. The molecular formula is C19H23N5O3. The number of carbonyl (C=O) groups excluding carboxylic acids is 2. The molecule has 1 aliphatic heterocycles. The molecule has 2 fully saturated rings. The van der Waals surface area contributed by atoms with Crippen LogP contribution in [-0.2, 0) is 9.59 Å². The second-order valence-electron chi connectivity index (χ2n) is 6.90. The zero-order chi connectivity index (χ0) is 19.4. The van der Waals surface area contributed by atoms with E-state index in [1.54, 1.807) is 24.4 Å². The van der Waals surface area contributed by atoms with Gasteiger partial charge in [-0.2, -0.15) is 0 Å². The molecular weight excluding hydrogens is 346 g/mol. The third kappa shape index (κ3) is 4.65. The van der Waals surface area contributed by atoms with Crippen LogP contribution in [0.1, 0.15) is 49.3 Å². The van der Waals surface area contributed by atoms with E-state index in [1.165, 1.54) is 6.21 Å². The second kappa shape index (κ2) is 8.22. The fourth-order valence-corrected chi connectivity index (χ4v) is 3.31. The molecule has 1 atom stereocenters. The van der Waals surface area contributed by atoms with Gasteiger partial charge in [-0.3, -0.25) is 24.9 Å². The summed E-state index contributed by atoms with van der Waals surface area (Å²) in [5.74, 6) is -0.866. The van der Waals surface area contributed by atoms with Gasteiger partial charge in [0.05, 0.1) is 30.2 Å². The van der Waals surface area contributed by atoms with E-state index in [0.29, 0.717) is 35.5 Å². The van der Waals surface area contributed by atoms with Crippen molar-refractivity contribution in [3.05, 3.63) is 35.2 Å². The molecule has 8 nitrogen and oxygen atoms in total. The van der Waals surface area contributed by atoms with Crippen molar-refractivity contribution < 1.29 is 14.7 Å². The van der Waals surface area contributed by atoms with Crippen molar-refractivity contribution >= 4 is 29.9 Å². The number of aliphatic hydroxyl groups excluding tert-OH is 1. The average Bonchev–Trinajstić information content (AvgIpc) is 2.96. The number of aliphatic hydroxyl groups is 1. The van der Waals surface area contributed by atoms with E-state index in [9.17, 15) is 14.7 Å². The number of nitrogens with two attached hydrogens (primary N) is 1. The van der Waals surface area contributed by atoms with Crippen LogP contribution in [0.5, 0.6) is 0 Å². The molecule has 3 rings (SSSR count). The van der Waals surface area contributed by atoms with Crippen LogP contribution in [0.25, 0.3) is 6.08 Å². The largest absolute Gasteiger partial charge is 0.393 e. The van der Waals surface area contributed by atoms with E-state index in [2.05, 4.69) is 15.3 Å². The van der Waals surface area contributed by atoms with Gasteiger partial charge in [0, 0.05) is 18.0 Å². The highest BCUT2D eigenvalue weighted by Crippen LogP contribution is 2.22. The number of aromatic nitrogens is 1. The van der Waals surface area contributed by atoms with E-state index >= 15 is 0 Å². The maximum absolute atomic E-state index is 11.6. The summed E-state index contributed by atoms with van der Waals surface area (Å²) >= 11 is 0. The number of carbonyl (C=O) groups is 2. The van der Waals surface area contributed by atoms with Crippen molar-refractivity contribution in [1.29, 1.82) is 5.41 Å². The molecule has 1 saturated heterocycles. The minimum absolute atomic E-state index is 0.0678. The molecule has 0 aromatic carbocycles. The minimum Gasteiger partial charge on any atom is -0.393 e. The van der Waals surface area contributed by atoms with Gasteiger partial charge in [0.15, 0.2) is 0 Å². The number of rotatable bonds is 5. The van der Waals surface area contributed by atoms with Crippen LogP contribution in [0.2, 0.25) is 0 Å². The zero-order valence-corrected chi connectivity index (χ0v) is 14.9. The Balaban J connectivity index is 1.72. The molecule has 1 aliphatic carbocycles. The Hall–Kier alpha value is -2.87. The van der Waals surface area contributed by atoms with E-state index < -0.39 is 5.92 Å². The Morgan fingerprint density at radius 2 is 2.07 bits per heavy atom. The Kier molecular flexibility index (Phi) is 5.75. The Morgan fingerprint density at radius 3 is 2.63 bits per heavy atom. The van der Waals surface area contributed by atoms with Crippen molar-refractivity contribution in [1.82, 2.24) is 10.3 Å². The molecule has 2 heterocycles. The molecule has 0 spiro atoms. The van der Waals surface area contributed by atoms with Gasteiger partial charge in [0.2, 0.25) is 5.91 Å². The summed E-state index contributed by atoms with van der Waals surface area (Å²) < 4.78 is 0. The van der Waals surface area contributed by atoms with Crippen LogP contribution in [0.3, 0.4) is 0 Å². The fourth-order valence-electron chi connectivity index (χ4n) is 3.31. The predicted molar refractivity (Wildman–Crippen MR) is 101 cm³/mol. The number of nitrogens with zero attached hydrogens (tertiary/aromatic N) is 2. The van der Waals surface area contributed by atoms with Gasteiger partial charge in [-0.05, 0) is 43.4 Å². The van der Waals surface area contributed by atoms with Crippen molar-refractivity contribution in [2.75, 3.05) is 0 Å². The lowest BCUT2D eigenvalue weighted by Gasteiger charge is -2.23. The highest BCUT2D eigenvalue weighted by Gasteiger charge is 2.24. The third-order valence-electron chi connectivity index (χ3n) is 4.85. The van der Waals surface area contributed by atoms with E-state index in [-0.39, 0.29) is 30.4 Å². The Bertz CT molecular complexity index is 792. The lowest BCUT2D eigenvalue weighted by atomic mass is 9.93. The molecule has 1 aromatic heterocycles. The number of nitrogens with one attached hydrogen (secondary N) is 2. The van der Waals surface area contributed by atoms with E-state index in [4.69, 9.17) is 11.1 Å². The van der Waals surface area contributed by atoms with Crippen LogP contribution in [0.4, 0.5) is 0 Å². The summed E-state index contributed by atoms with van der Waals surface area (Å²) in [6, 6.07) is 3.58. The minimum atomic E-state index is -0.519. The van der Waals surface area contributed by atoms with Gasteiger partial charge in [0.1, 0.15) is 5.84 Å². The number of imide groups is 1. The van der Waals surface area contributed by atoms with Crippen LogP contribution >= 0.6 is 0 Å². The van der Waals surface area contributed by atoms with Crippen LogP contribution < -0.4 is 11.1 Å². The monoisotopic (exact) mass is 369 g/mol. The maximum Gasteiger partial charge on any atom is 0.254 e. The molecule has 5 N–H and O–H groups in total. The molecule has 142 valence electrons. The maximum atomic E-state index is 11.6. The van der Waals surface area contributed by atoms with Gasteiger partial charge < -0.3 is 16.2 Å². The van der Waals surface area contributed by atoms with Crippen molar-refractivity contribution in [2.24, 2.45) is 10.7 Å². The summed E-state index contributed by atoms with van der Waals surface area (Å²) in [7, 11) is 0. The van der Waals surface area contributed by atoms with E-state index in [0.717, 1.165) is 12.8 Å². The highest BCUT2D eigenvalue weighted by atomic mass is 16.3. The summed E-state index contributed by atoms with van der Waals surface area (Å²) in [5.41, 5.74) is 7.81. The number of amidine groups is 1. The number of hydrogen-bond donors (Lipinski definition) is 4. The molecule has 0 bridgehead atoms. The Morgan fingerprint density at radius 1 is 1.33 bits per heavy atom. The van der Waals surface area contributed by atoms with Gasteiger partial charge >= 0.3 is 0 Å². The summed E-state index contributed by atoms with van der Waals surface area (Å²) in [6.45, 7) is 0. The first-order chi connectivity index (χ1) is 13.0. The molecule has 2 aliphatic rings. The van der Waals surface area contributed by atoms with E-state index in [1.807, 2.05) is 0 Å². The van der Waals surface area contributed by atoms with Gasteiger partial charge in [-0.1, -0.05) is 6.07 Å². The fraction of sp³-hybridized carbons (Fsp3) is 0.421. The van der Waals surface area contributed by atoms with Crippen LogP contribution in [0.15, 0.2) is 28.9 Å².